The Balaban J connectivity index is 3.17. The molecule has 1 rings (SSSR count). The van der Waals surface area contributed by atoms with Crippen LogP contribution in [0.5, 0.6) is 11.5 Å². The lowest BCUT2D eigenvalue weighted by Gasteiger charge is -2.16. The minimum atomic E-state index is -1.21. The van der Waals surface area contributed by atoms with Gasteiger partial charge < -0.3 is 21.1 Å². The van der Waals surface area contributed by atoms with Gasteiger partial charge in [-0.1, -0.05) is 0 Å². The van der Waals surface area contributed by atoms with Crippen molar-refractivity contribution in [2.24, 2.45) is 5.73 Å². The van der Waals surface area contributed by atoms with E-state index < -0.39 is 29.5 Å². The lowest BCUT2D eigenvalue weighted by Crippen LogP contribution is -2.25. The number of hydrogen-bond donors (Lipinski definition) is 4. The van der Waals surface area contributed by atoms with Crippen LogP contribution < -0.4 is 5.73 Å². The number of phenols is 2. The summed E-state index contributed by atoms with van der Waals surface area (Å²) in [4.78, 5) is 0. The summed E-state index contributed by atoms with van der Waals surface area (Å²) in [6, 6.07) is 1.62. The van der Waals surface area contributed by atoms with E-state index in [9.17, 15) is 9.50 Å². The van der Waals surface area contributed by atoms with Crippen LogP contribution in [0, 0.1) is 5.82 Å². The van der Waals surface area contributed by atoms with E-state index >= 15 is 0 Å². The molecule has 4 nitrogen and oxygen atoms in total. The molecule has 0 radical (unpaired) electrons. The number of benzene rings is 1. The van der Waals surface area contributed by atoms with Gasteiger partial charge in [0, 0.05) is 11.6 Å². The second-order valence-electron chi connectivity index (χ2n) is 3.14. The molecule has 0 aliphatic carbocycles. The van der Waals surface area contributed by atoms with E-state index in [-0.39, 0.29) is 5.56 Å². The predicted octanol–water partition coefficient (Wildman–Crippen LogP) is 0.617. The highest BCUT2D eigenvalue weighted by atomic mass is 19.1. The molecule has 0 aromatic heterocycles. The fourth-order valence-corrected chi connectivity index (χ4v) is 1.08. The number of aliphatic hydroxyl groups excluding tert-OH is 1. The number of nitrogens with two attached hydrogens (primary N) is 1. The van der Waals surface area contributed by atoms with Crippen molar-refractivity contribution in [3.63, 3.8) is 0 Å². The third-order valence-electron chi connectivity index (χ3n) is 1.94. The fourth-order valence-electron chi connectivity index (χ4n) is 1.08. The Morgan fingerprint density at radius 2 is 1.93 bits per heavy atom. The van der Waals surface area contributed by atoms with Gasteiger partial charge in [-0.2, -0.15) is 0 Å². The van der Waals surface area contributed by atoms with Gasteiger partial charge in [-0.05, 0) is 19.1 Å². The lowest BCUT2D eigenvalue weighted by molar-refractivity contribution is 0.148. The summed E-state index contributed by atoms with van der Waals surface area (Å²) in [5.74, 6) is -2.49. The summed E-state index contributed by atoms with van der Waals surface area (Å²) < 4.78 is 13.2. The highest BCUT2D eigenvalue weighted by molar-refractivity contribution is 5.43. The van der Waals surface area contributed by atoms with E-state index in [1.807, 2.05) is 0 Å². The van der Waals surface area contributed by atoms with Crippen LogP contribution in [0.15, 0.2) is 12.1 Å². The molecule has 0 bridgehead atoms. The Morgan fingerprint density at radius 3 is 2.43 bits per heavy atom. The highest BCUT2D eigenvalue weighted by Gasteiger charge is 2.20. The van der Waals surface area contributed by atoms with Gasteiger partial charge in [0.1, 0.15) is 0 Å². The van der Waals surface area contributed by atoms with Crippen LogP contribution in [0.1, 0.15) is 18.6 Å². The van der Waals surface area contributed by atoms with Gasteiger partial charge >= 0.3 is 0 Å². The van der Waals surface area contributed by atoms with Crippen molar-refractivity contribution in [3.05, 3.63) is 23.5 Å². The van der Waals surface area contributed by atoms with E-state index in [0.29, 0.717) is 0 Å². The van der Waals surface area contributed by atoms with Gasteiger partial charge in [0.05, 0.1) is 6.10 Å². The van der Waals surface area contributed by atoms with Crippen LogP contribution in [0.2, 0.25) is 0 Å². The van der Waals surface area contributed by atoms with Crippen LogP contribution in [0.25, 0.3) is 0 Å². The highest BCUT2D eigenvalue weighted by Crippen LogP contribution is 2.32. The molecule has 0 aliphatic heterocycles. The van der Waals surface area contributed by atoms with Crippen LogP contribution >= 0.6 is 0 Å². The fraction of sp³-hybridized carbons (Fsp3) is 0.333. The average Bonchev–Trinajstić information content (AvgIpc) is 2.13. The van der Waals surface area contributed by atoms with Crippen molar-refractivity contribution >= 4 is 0 Å². The molecule has 0 heterocycles. The molecule has 1 aromatic carbocycles. The SMILES string of the molecule is CC(N)[C@H](O)c1ccc(O)c(O)c1F. The quantitative estimate of drug-likeness (QED) is 0.528. The van der Waals surface area contributed by atoms with E-state index in [0.717, 1.165) is 6.07 Å². The number of phenolic OH excluding ortho intramolecular Hbond substituents is 2. The van der Waals surface area contributed by atoms with E-state index in [1.165, 1.54) is 13.0 Å². The van der Waals surface area contributed by atoms with E-state index in [4.69, 9.17) is 15.9 Å². The largest absolute Gasteiger partial charge is 0.504 e. The second kappa shape index (κ2) is 3.81. The molecule has 5 heteroatoms. The first-order valence-electron chi connectivity index (χ1n) is 4.09. The Bertz CT molecular complexity index is 341. The van der Waals surface area contributed by atoms with Crippen molar-refractivity contribution in [2.45, 2.75) is 19.1 Å². The van der Waals surface area contributed by atoms with Gasteiger partial charge in [0.2, 0.25) is 0 Å². The second-order valence-corrected chi connectivity index (χ2v) is 3.14. The molecule has 14 heavy (non-hydrogen) atoms. The zero-order chi connectivity index (χ0) is 10.9. The van der Waals surface area contributed by atoms with Gasteiger partial charge in [-0.3, -0.25) is 0 Å². The molecule has 0 saturated heterocycles. The predicted molar refractivity (Wildman–Crippen MR) is 48.3 cm³/mol. The normalized spacial score (nSPS) is 15.1. The Labute approximate surface area is 80.4 Å². The van der Waals surface area contributed by atoms with Crippen molar-refractivity contribution in [2.75, 3.05) is 0 Å². The van der Waals surface area contributed by atoms with E-state index in [1.54, 1.807) is 0 Å². The van der Waals surface area contributed by atoms with Crippen molar-refractivity contribution in [1.29, 1.82) is 0 Å². The van der Waals surface area contributed by atoms with E-state index in [2.05, 4.69) is 0 Å². The van der Waals surface area contributed by atoms with Gasteiger partial charge in [0.25, 0.3) is 0 Å². The van der Waals surface area contributed by atoms with Crippen LogP contribution in [0.4, 0.5) is 4.39 Å². The molecule has 1 aromatic rings. The van der Waals surface area contributed by atoms with Gasteiger partial charge in [-0.25, -0.2) is 4.39 Å². The maximum absolute atomic E-state index is 13.2. The minimum absolute atomic E-state index is 0.129. The van der Waals surface area contributed by atoms with Gasteiger partial charge in [-0.15, -0.1) is 0 Å². The third kappa shape index (κ3) is 1.78. The topological polar surface area (TPSA) is 86.7 Å². The van der Waals surface area contributed by atoms with Crippen LogP contribution in [0.3, 0.4) is 0 Å². The smallest absolute Gasteiger partial charge is 0.194 e. The lowest BCUT2D eigenvalue weighted by atomic mass is 10.0. The molecule has 1 unspecified atom stereocenters. The summed E-state index contributed by atoms with van der Waals surface area (Å²) in [7, 11) is 0. The molecular weight excluding hydrogens is 189 g/mol. The van der Waals surface area contributed by atoms with Crippen molar-refractivity contribution in [3.8, 4) is 11.5 Å². The van der Waals surface area contributed by atoms with Crippen molar-refractivity contribution < 1.29 is 19.7 Å². The molecule has 0 aliphatic rings. The van der Waals surface area contributed by atoms with Crippen LogP contribution in [-0.4, -0.2) is 21.4 Å². The summed E-state index contributed by atoms with van der Waals surface area (Å²) in [6.45, 7) is 1.51. The molecule has 0 amide bonds. The zero-order valence-corrected chi connectivity index (χ0v) is 7.61. The molecule has 5 N–H and O–H groups in total. The standard InChI is InChI=1S/C9H12FNO3/c1-4(11)8(13)5-2-3-6(12)9(14)7(5)10/h2-4,8,12-14H,11H2,1H3/t4?,8-/m0/s1. The first-order chi connectivity index (χ1) is 6.45. The first-order valence-corrected chi connectivity index (χ1v) is 4.09. The average molecular weight is 201 g/mol. The molecule has 78 valence electrons. The first kappa shape index (κ1) is 10.7. The summed E-state index contributed by atoms with van der Waals surface area (Å²) >= 11 is 0. The maximum atomic E-state index is 13.2. The Hall–Kier alpha value is -1.33. The van der Waals surface area contributed by atoms with Crippen molar-refractivity contribution in [1.82, 2.24) is 0 Å². The molecule has 2 atom stereocenters. The number of halogens is 1. The maximum Gasteiger partial charge on any atom is 0.194 e. The molecular formula is C9H12FNO3. The minimum Gasteiger partial charge on any atom is -0.504 e. The van der Waals surface area contributed by atoms with Gasteiger partial charge in [0.15, 0.2) is 17.3 Å². The molecule has 0 spiro atoms. The number of rotatable bonds is 2. The van der Waals surface area contributed by atoms with Crippen LogP contribution in [-0.2, 0) is 0 Å². The third-order valence-corrected chi connectivity index (χ3v) is 1.94. The Morgan fingerprint density at radius 1 is 1.36 bits per heavy atom. The molecule has 0 saturated carbocycles. The monoisotopic (exact) mass is 201 g/mol. The summed E-state index contributed by atoms with van der Waals surface area (Å²) in [6.07, 6.45) is -1.21. The summed E-state index contributed by atoms with van der Waals surface area (Å²) in [5, 5.41) is 27.4. The Kier molecular flexibility index (Phi) is 2.93. The number of hydrogen-bond acceptors (Lipinski definition) is 4. The molecule has 0 fully saturated rings. The number of aromatic hydroxyl groups is 2. The summed E-state index contributed by atoms with van der Waals surface area (Å²) in [5.41, 5.74) is 5.23. The zero-order valence-electron chi connectivity index (χ0n) is 7.61. The number of aliphatic hydroxyl groups is 1.